The third-order valence-corrected chi connectivity index (χ3v) is 4.86. The number of aromatic nitrogens is 3. The predicted octanol–water partition coefficient (Wildman–Crippen LogP) is 3.15. The highest BCUT2D eigenvalue weighted by atomic mass is 32.2. The topological polar surface area (TPSA) is 59.8 Å². The van der Waals surface area contributed by atoms with Crippen LogP contribution in [0.1, 0.15) is 44.9 Å². The number of carbonyl (C=O) groups is 1. The number of nitrogens with zero attached hydrogens (tertiary/aromatic N) is 3. The van der Waals surface area contributed by atoms with E-state index in [1.165, 1.54) is 24.6 Å². The average Bonchev–Trinajstić information content (AvgIpc) is 3.34. The number of hydrogen-bond donors (Lipinski definition) is 1. The van der Waals surface area contributed by atoms with Gasteiger partial charge in [0.15, 0.2) is 5.16 Å². The maximum atomic E-state index is 12.1. The first kappa shape index (κ1) is 16.1. The quantitative estimate of drug-likeness (QED) is 0.792. The van der Waals surface area contributed by atoms with E-state index in [4.69, 9.17) is 0 Å². The molecule has 3 rings (SSSR count). The molecule has 1 aliphatic rings. The van der Waals surface area contributed by atoms with Gasteiger partial charge in [0, 0.05) is 18.2 Å². The lowest BCUT2D eigenvalue weighted by Crippen LogP contribution is -2.31. The molecule has 1 aromatic heterocycles. The molecule has 6 heteroatoms. The van der Waals surface area contributed by atoms with Crippen molar-refractivity contribution >= 4 is 17.7 Å². The predicted molar refractivity (Wildman–Crippen MR) is 92.0 cm³/mol. The third-order valence-electron chi connectivity index (χ3n) is 3.82. The van der Waals surface area contributed by atoms with Gasteiger partial charge in [-0.05, 0) is 38.3 Å². The van der Waals surface area contributed by atoms with E-state index in [0.29, 0.717) is 12.5 Å². The second-order valence-corrected chi connectivity index (χ2v) is 7.15. The monoisotopic (exact) mass is 330 g/mol. The lowest BCUT2D eigenvalue weighted by molar-refractivity contribution is -0.120. The van der Waals surface area contributed by atoms with Crippen molar-refractivity contribution in [3.8, 4) is 5.69 Å². The largest absolute Gasteiger partial charge is 0.355 e. The Kier molecular flexibility index (Phi) is 5.00. The molecule has 2 aromatic rings. The van der Waals surface area contributed by atoms with E-state index in [-0.39, 0.29) is 11.2 Å². The third kappa shape index (κ3) is 3.75. The Morgan fingerprint density at radius 1 is 1.35 bits per heavy atom. The van der Waals surface area contributed by atoms with Gasteiger partial charge in [-0.25, -0.2) is 0 Å². The number of nitrogens with one attached hydrogen (secondary N) is 1. The smallest absolute Gasteiger partial charge is 0.233 e. The molecule has 1 aliphatic carbocycles. The fourth-order valence-corrected chi connectivity index (χ4v) is 3.29. The van der Waals surface area contributed by atoms with E-state index in [0.717, 1.165) is 23.1 Å². The maximum Gasteiger partial charge on any atom is 0.233 e. The zero-order valence-electron chi connectivity index (χ0n) is 13.5. The fraction of sp³-hybridized carbons (Fsp3) is 0.471. The van der Waals surface area contributed by atoms with Crippen molar-refractivity contribution in [3.05, 3.63) is 36.2 Å². The van der Waals surface area contributed by atoms with Gasteiger partial charge in [0.1, 0.15) is 5.82 Å². The van der Waals surface area contributed by atoms with E-state index < -0.39 is 0 Å². The summed E-state index contributed by atoms with van der Waals surface area (Å²) in [7, 11) is 0. The van der Waals surface area contributed by atoms with E-state index in [1.54, 1.807) is 0 Å². The summed E-state index contributed by atoms with van der Waals surface area (Å²) in [5, 5.41) is 12.3. The van der Waals surface area contributed by atoms with Crippen molar-refractivity contribution in [1.82, 2.24) is 20.1 Å². The molecule has 0 radical (unpaired) electrons. The lowest BCUT2D eigenvalue weighted by Gasteiger charge is -2.13. The molecular formula is C17H22N4OS. The van der Waals surface area contributed by atoms with Crippen LogP contribution in [0, 0.1) is 0 Å². The number of amides is 1. The highest BCUT2D eigenvalue weighted by Gasteiger charge is 2.31. The van der Waals surface area contributed by atoms with Crippen molar-refractivity contribution in [2.24, 2.45) is 0 Å². The molecule has 0 spiro atoms. The number of benzene rings is 1. The van der Waals surface area contributed by atoms with E-state index in [1.807, 2.05) is 32.0 Å². The van der Waals surface area contributed by atoms with Gasteiger partial charge in [-0.1, -0.05) is 36.9 Å². The molecule has 1 aromatic carbocycles. The van der Waals surface area contributed by atoms with E-state index >= 15 is 0 Å². The molecule has 122 valence electrons. The van der Waals surface area contributed by atoms with Crippen LogP contribution in [0.4, 0.5) is 0 Å². The van der Waals surface area contributed by atoms with Gasteiger partial charge in [0.2, 0.25) is 5.91 Å². The molecule has 1 saturated carbocycles. The molecule has 0 bridgehead atoms. The first-order valence-electron chi connectivity index (χ1n) is 8.15. The minimum Gasteiger partial charge on any atom is -0.355 e. The summed E-state index contributed by atoms with van der Waals surface area (Å²) in [5.41, 5.74) is 1.06. The van der Waals surface area contributed by atoms with Crippen molar-refractivity contribution in [2.75, 3.05) is 6.54 Å². The second kappa shape index (κ2) is 7.17. The van der Waals surface area contributed by atoms with E-state index in [2.05, 4.69) is 32.2 Å². The highest BCUT2D eigenvalue weighted by molar-refractivity contribution is 8.00. The van der Waals surface area contributed by atoms with Gasteiger partial charge in [0.25, 0.3) is 0 Å². The summed E-state index contributed by atoms with van der Waals surface area (Å²) >= 11 is 1.47. The van der Waals surface area contributed by atoms with Gasteiger partial charge in [-0.15, -0.1) is 10.2 Å². The molecule has 1 amide bonds. The summed E-state index contributed by atoms with van der Waals surface area (Å²) in [6.45, 7) is 4.67. The summed E-state index contributed by atoms with van der Waals surface area (Å²) in [6.07, 6.45) is 3.28. The fourth-order valence-electron chi connectivity index (χ4n) is 2.39. The van der Waals surface area contributed by atoms with Crippen LogP contribution in [0.3, 0.4) is 0 Å². The second-order valence-electron chi connectivity index (χ2n) is 5.84. The minimum atomic E-state index is -0.194. The number of carbonyl (C=O) groups excluding carboxylic acids is 1. The number of para-hydroxylation sites is 1. The average molecular weight is 330 g/mol. The van der Waals surface area contributed by atoms with Gasteiger partial charge >= 0.3 is 0 Å². The van der Waals surface area contributed by atoms with Crippen LogP contribution in [-0.2, 0) is 4.79 Å². The molecular weight excluding hydrogens is 308 g/mol. The van der Waals surface area contributed by atoms with Crippen molar-refractivity contribution in [3.63, 3.8) is 0 Å². The van der Waals surface area contributed by atoms with E-state index in [9.17, 15) is 4.79 Å². The normalized spacial score (nSPS) is 15.4. The van der Waals surface area contributed by atoms with Crippen LogP contribution < -0.4 is 5.32 Å². The standard InChI is InChI=1S/C17H22N4OS/c1-3-11-18-16(22)12(2)23-17-20-19-15(13-9-10-13)21(17)14-7-5-4-6-8-14/h4-8,12-13H,3,9-11H2,1-2H3,(H,18,22). The van der Waals surface area contributed by atoms with Crippen LogP contribution in [-0.4, -0.2) is 32.5 Å². The number of rotatable bonds is 7. The molecule has 0 saturated heterocycles. The van der Waals surface area contributed by atoms with Crippen molar-refractivity contribution < 1.29 is 4.79 Å². The van der Waals surface area contributed by atoms with Gasteiger partial charge in [-0.2, -0.15) is 0 Å². The zero-order chi connectivity index (χ0) is 16.2. The zero-order valence-corrected chi connectivity index (χ0v) is 14.3. The first-order chi connectivity index (χ1) is 11.2. The Morgan fingerprint density at radius 3 is 2.74 bits per heavy atom. The van der Waals surface area contributed by atoms with Crippen LogP contribution in [0.2, 0.25) is 0 Å². The van der Waals surface area contributed by atoms with Crippen LogP contribution in [0.25, 0.3) is 5.69 Å². The molecule has 1 fully saturated rings. The molecule has 23 heavy (non-hydrogen) atoms. The van der Waals surface area contributed by atoms with Crippen molar-refractivity contribution in [2.45, 2.75) is 49.4 Å². The molecule has 0 aliphatic heterocycles. The lowest BCUT2D eigenvalue weighted by atomic mass is 10.3. The Balaban J connectivity index is 1.83. The molecule has 5 nitrogen and oxygen atoms in total. The Hall–Kier alpha value is -1.82. The van der Waals surface area contributed by atoms with Gasteiger partial charge in [0.05, 0.1) is 5.25 Å². The SMILES string of the molecule is CCCNC(=O)C(C)Sc1nnc(C2CC2)n1-c1ccccc1. The van der Waals surface area contributed by atoms with Crippen LogP contribution >= 0.6 is 11.8 Å². The number of hydrogen-bond acceptors (Lipinski definition) is 4. The minimum absolute atomic E-state index is 0.0485. The summed E-state index contributed by atoms with van der Waals surface area (Å²) < 4.78 is 2.10. The molecule has 1 N–H and O–H groups in total. The molecule has 1 heterocycles. The van der Waals surface area contributed by atoms with Crippen LogP contribution in [0.5, 0.6) is 0 Å². The highest BCUT2D eigenvalue weighted by Crippen LogP contribution is 2.41. The molecule has 1 unspecified atom stereocenters. The summed E-state index contributed by atoms with van der Waals surface area (Å²) in [6, 6.07) is 10.1. The summed E-state index contributed by atoms with van der Waals surface area (Å²) in [5.74, 6) is 1.56. The van der Waals surface area contributed by atoms with Crippen molar-refractivity contribution in [1.29, 1.82) is 0 Å². The van der Waals surface area contributed by atoms with Gasteiger partial charge in [-0.3, -0.25) is 9.36 Å². The first-order valence-corrected chi connectivity index (χ1v) is 9.03. The Bertz CT molecular complexity index is 666. The summed E-state index contributed by atoms with van der Waals surface area (Å²) in [4.78, 5) is 12.1. The number of thioether (sulfide) groups is 1. The molecule has 1 atom stereocenters. The van der Waals surface area contributed by atoms with Crippen LogP contribution in [0.15, 0.2) is 35.5 Å². The Morgan fingerprint density at radius 2 is 2.09 bits per heavy atom. The Labute approximate surface area is 140 Å². The van der Waals surface area contributed by atoms with Gasteiger partial charge < -0.3 is 5.32 Å². The maximum absolute atomic E-state index is 12.1.